The molecule has 1 aliphatic heterocycles. The van der Waals surface area contributed by atoms with Gasteiger partial charge in [0.1, 0.15) is 6.10 Å². The Labute approximate surface area is 129 Å². The summed E-state index contributed by atoms with van der Waals surface area (Å²) in [6, 6.07) is 0. The SMILES string of the molecule is COCCN1CCCN(C(=O)C(C)OCCC(C)C)CC1. The van der Waals surface area contributed by atoms with Crippen LogP contribution in [0.4, 0.5) is 0 Å². The molecule has 1 fully saturated rings. The van der Waals surface area contributed by atoms with E-state index >= 15 is 0 Å². The number of rotatable bonds is 8. The molecule has 1 rings (SSSR count). The Hall–Kier alpha value is -0.650. The molecule has 0 N–H and O–H groups in total. The summed E-state index contributed by atoms with van der Waals surface area (Å²) >= 11 is 0. The summed E-state index contributed by atoms with van der Waals surface area (Å²) in [5.41, 5.74) is 0. The Balaban J connectivity index is 2.33. The van der Waals surface area contributed by atoms with Crippen LogP contribution in [0.3, 0.4) is 0 Å². The van der Waals surface area contributed by atoms with Gasteiger partial charge in [-0.3, -0.25) is 9.69 Å². The van der Waals surface area contributed by atoms with Crippen LogP contribution in [0.5, 0.6) is 0 Å². The lowest BCUT2D eigenvalue weighted by molar-refractivity contribution is -0.142. The first-order valence-corrected chi connectivity index (χ1v) is 8.16. The lowest BCUT2D eigenvalue weighted by Gasteiger charge is -2.25. The molecule has 0 aliphatic carbocycles. The standard InChI is InChI=1S/C16H32N2O3/c1-14(2)6-12-21-15(3)16(19)18-8-5-7-17(9-10-18)11-13-20-4/h14-15H,5-13H2,1-4H3. The van der Waals surface area contributed by atoms with E-state index in [4.69, 9.17) is 9.47 Å². The second-order valence-electron chi connectivity index (χ2n) is 6.21. The normalized spacial score (nSPS) is 18.8. The fraction of sp³-hybridized carbons (Fsp3) is 0.938. The van der Waals surface area contributed by atoms with Gasteiger partial charge in [0.15, 0.2) is 0 Å². The fourth-order valence-electron chi connectivity index (χ4n) is 2.44. The van der Waals surface area contributed by atoms with Gasteiger partial charge in [0.2, 0.25) is 0 Å². The molecule has 5 nitrogen and oxygen atoms in total. The number of hydrogen-bond donors (Lipinski definition) is 0. The molecule has 0 aromatic carbocycles. The van der Waals surface area contributed by atoms with Crippen LogP contribution in [0, 0.1) is 5.92 Å². The number of ether oxygens (including phenoxy) is 2. The van der Waals surface area contributed by atoms with Gasteiger partial charge in [0, 0.05) is 39.9 Å². The lowest BCUT2D eigenvalue weighted by atomic mass is 10.1. The molecule has 1 unspecified atom stereocenters. The quantitative estimate of drug-likeness (QED) is 0.683. The second-order valence-corrected chi connectivity index (χ2v) is 6.21. The highest BCUT2D eigenvalue weighted by molar-refractivity contribution is 5.80. The van der Waals surface area contributed by atoms with Crippen LogP contribution < -0.4 is 0 Å². The molecule has 0 bridgehead atoms. The van der Waals surface area contributed by atoms with Crippen molar-refractivity contribution < 1.29 is 14.3 Å². The maximum Gasteiger partial charge on any atom is 0.251 e. The molecule has 1 saturated heterocycles. The average molecular weight is 300 g/mol. The van der Waals surface area contributed by atoms with E-state index in [1.165, 1.54) is 0 Å². The molecule has 0 spiro atoms. The Kier molecular flexibility index (Phi) is 8.88. The number of methoxy groups -OCH3 is 1. The van der Waals surface area contributed by atoms with Crippen molar-refractivity contribution in [2.75, 3.05) is 53.0 Å². The summed E-state index contributed by atoms with van der Waals surface area (Å²) in [5, 5.41) is 0. The molecule has 1 aliphatic rings. The summed E-state index contributed by atoms with van der Waals surface area (Å²) in [7, 11) is 1.73. The van der Waals surface area contributed by atoms with E-state index in [0.29, 0.717) is 12.5 Å². The van der Waals surface area contributed by atoms with Crippen LogP contribution in [0.1, 0.15) is 33.6 Å². The van der Waals surface area contributed by atoms with E-state index in [1.807, 2.05) is 11.8 Å². The van der Waals surface area contributed by atoms with Crippen LogP contribution in [0.25, 0.3) is 0 Å². The minimum atomic E-state index is -0.325. The summed E-state index contributed by atoms with van der Waals surface area (Å²) in [4.78, 5) is 16.7. The van der Waals surface area contributed by atoms with Gasteiger partial charge < -0.3 is 14.4 Å². The van der Waals surface area contributed by atoms with E-state index in [1.54, 1.807) is 7.11 Å². The van der Waals surface area contributed by atoms with Gasteiger partial charge in [-0.1, -0.05) is 13.8 Å². The third-order valence-electron chi connectivity index (χ3n) is 3.92. The van der Waals surface area contributed by atoms with Crippen molar-refractivity contribution in [1.29, 1.82) is 0 Å². The minimum Gasteiger partial charge on any atom is -0.383 e. The number of amides is 1. The van der Waals surface area contributed by atoms with Gasteiger partial charge in [0.25, 0.3) is 5.91 Å². The third kappa shape index (κ3) is 7.25. The van der Waals surface area contributed by atoms with Crippen LogP contribution >= 0.6 is 0 Å². The van der Waals surface area contributed by atoms with Crippen LogP contribution in [-0.2, 0) is 14.3 Å². The van der Waals surface area contributed by atoms with Crippen LogP contribution in [-0.4, -0.2) is 74.9 Å². The van der Waals surface area contributed by atoms with Crippen molar-refractivity contribution in [2.24, 2.45) is 5.92 Å². The van der Waals surface area contributed by atoms with Gasteiger partial charge in [-0.05, 0) is 32.2 Å². The monoisotopic (exact) mass is 300 g/mol. The van der Waals surface area contributed by atoms with Crippen molar-refractivity contribution >= 4 is 5.91 Å². The van der Waals surface area contributed by atoms with Gasteiger partial charge in [-0.25, -0.2) is 0 Å². The molecular formula is C16H32N2O3. The lowest BCUT2D eigenvalue weighted by Crippen LogP contribution is -2.41. The molecule has 0 aromatic heterocycles. The van der Waals surface area contributed by atoms with Crippen molar-refractivity contribution in [3.8, 4) is 0 Å². The van der Waals surface area contributed by atoms with Gasteiger partial charge >= 0.3 is 0 Å². The number of nitrogens with zero attached hydrogens (tertiary/aromatic N) is 2. The zero-order valence-corrected chi connectivity index (χ0v) is 14.1. The zero-order chi connectivity index (χ0) is 15.7. The molecule has 5 heteroatoms. The van der Waals surface area contributed by atoms with E-state index < -0.39 is 0 Å². The first-order valence-electron chi connectivity index (χ1n) is 8.16. The average Bonchev–Trinajstić information content (AvgIpc) is 2.69. The summed E-state index contributed by atoms with van der Waals surface area (Å²) in [6.45, 7) is 12.2. The maximum atomic E-state index is 12.4. The molecule has 1 amide bonds. The summed E-state index contributed by atoms with van der Waals surface area (Å²) < 4.78 is 10.8. The maximum absolute atomic E-state index is 12.4. The highest BCUT2D eigenvalue weighted by Gasteiger charge is 2.23. The van der Waals surface area contributed by atoms with Crippen LogP contribution in [0.2, 0.25) is 0 Å². The van der Waals surface area contributed by atoms with Gasteiger partial charge in [0.05, 0.1) is 6.61 Å². The van der Waals surface area contributed by atoms with Crippen molar-refractivity contribution in [3.63, 3.8) is 0 Å². The van der Waals surface area contributed by atoms with E-state index in [-0.39, 0.29) is 12.0 Å². The smallest absolute Gasteiger partial charge is 0.251 e. The Morgan fingerprint density at radius 3 is 2.52 bits per heavy atom. The number of hydrogen-bond acceptors (Lipinski definition) is 4. The number of carbonyl (C=O) groups is 1. The topological polar surface area (TPSA) is 42.0 Å². The van der Waals surface area contributed by atoms with Gasteiger partial charge in [-0.15, -0.1) is 0 Å². The largest absolute Gasteiger partial charge is 0.383 e. The van der Waals surface area contributed by atoms with Gasteiger partial charge in [-0.2, -0.15) is 0 Å². The minimum absolute atomic E-state index is 0.132. The highest BCUT2D eigenvalue weighted by Crippen LogP contribution is 2.08. The predicted octanol–water partition coefficient (Wildman–Crippen LogP) is 1.62. The fourth-order valence-corrected chi connectivity index (χ4v) is 2.44. The first kappa shape index (κ1) is 18.4. The predicted molar refractivity (Wildman–Crippen MR) is 84.4 cm³/mol. The molecule has 21 heavy (non-hydrogen) atoms. The summed E-state index contributed by atoms with van der Waals surface area (Å²) in [6.07, 6.45) is 1.70. The number of carbonyl (C=O) groups excluding carboxylic acids is 1. The molecule has 124 valence electrons. The molecule has 0 radical (unpaired) electrons. The molecule has 1 heterocycles. The second kappa shape index (κ2) is 10.1. The Morgan fingerprint density at radius 2 is 1.86 bits per heavy atom. The molecular weight excluding hydrogens is 268 g/mol. The van der Waals surface area contributed by atoms with E-state index in [0.717, 1.165) is 52.2 Å². The summed E-state index contributed by atoms with van der Waals surface area (Å²) in [5.74, 6) is 0.743. The van der Waals surface area contributed by atoms with E-state index in [9.17, 15) is 4.79 Å². The molecule has 0 aromatic rings. The Bertz CT molecular complexity index is 297. The van der Waals surface area contributed by atoms with Crippen molar-refractivity contribution in [1.82, 2.24) is 9.80 Å². The first-order chi connectivity index (χ1) is 10.0. The zero-order valence-electron chi connectivity index (χ0n) is 14.1. The molecule has 1 atom stereocenters. The van der Waals surface area contributed by atoms with Crippen molar-refractivity contribution in [2.45, 2.75) is 39.7 Å². The third-order valence-corrected chi connectivity index (χ3v) is 3.92. The van der Waals surface area contributed by atoms with Crippen LogP contribution in [0.15, 0.2) is 0 Å². The van der Waals surface area contributed by atoms with Crippen molar-refractivity contribution in [3.05, 3.63) is 0 Å². The Morgan fingerprint density at radius 1 is 1.10 bits per heavy atom. The highest BCUT2D eigenvalue weighted by atomic mass is 16.5. The molecule has 0 saturated carbocycles. The van der Waals surface area contributed by atoms with E-state index in [2.05, 4.69) is 18.7 Å².